The van der Waals surface area contributed by atoms with Crippen LogP contribution in [0.15, 0.2) is 53.7 Å². The number of hydrogen-bond acceptors (Lipinski definition) is 6. The van der Waals surface area contributed by atoms with E-state index < -0.39 is 5.82 Å². The molecule has 0 bridgehead atoms. The van der Waals surface area contributed by atoms with E-state index in [0.29, 0.717) is 34.7 Å². The van der Waals surface area contributed by atoms with Gasteiger partial charge in [0.2, 0.25) is 0 Å². The number of aromatic amines is 1. The molecule has 2 N–H and O–H groups in total. The van der Waals surface area contributed by atoms with E-state index in [-0.39, 0.29) is 18.8 Å². The zero-order valence-electron chi connectivity index (χ0n) is 14.7. The summed E-state index contributed by atoms with van der Waals surface area (Å²) in [5, 5.41) is 13.2. The van der Waals surface area contributed by atoms with Crippen LogP contribution in [0.3, 0.4) is 0 Å². The summed E-state index contributed by atoms with van der Waals surface area (Å²) in [4.78, 5) is 23.8. The third-order valence-corrected chi connectivity index (χ3v) is 4.05. The Balaban J connectivity index is 1.59. The van der Waals surface area contributed by atoms with Gasteiger partial charge in [0.25, 0.3) is 5.56 Å². The minimum absolute atomic E-state index is 0.0970. The van der Waals surface area contributed by atoms with E-state index in [1.807, 2.05) is 6.07 Å². The molecule has 0 amide bonds. The second-order valence-electron chi connectivity index (χ2n) is 6.07. The summed E-state index contributed by atoms with van der Waals surface area (Å²) in [6.07, 6.45) is 4.34. The SMILES string of the molecule is O=c1[nH]c(Cc2ccc(-n3cc(F)cn3)nc2)nc2cc(OCCO)ccc12. The van der Waals surface area contributed by atoms with Crippen molar-refractivity contribution < 1.29 is 14.2 Å². The van der Waals surface area contributed by atoms with Gasteiger partial charge in [-0.2, -0.15) is 5.10 Å². The lowest BCUT2D eigenvalue weighted by Crippen LogP contribution is -2.12. The molecule has 0 atom stereocenters. The second-order valence-corrected chi connectivity index (χ2v) is 6.07. The highest BCUT2D eigenvalue weighted by Gasteiger charge is 2.08. The summed E-state index contributed by atoms with van der Waals surface area (Å²) < 4.78 is 19.8. The number of aliphatic hydroxyl groups is 1. The molecule has 1 aromatic carbocycles. The molecule has 28 heavy (non-hydrogen) atoms. The number of aliphatic hydroxyl groups excluding tert-OH is 1. The van der Waals surface area contributed by atoms with Crippen LogP contribution < -0.4 is 10.3 Å². The molecule has 4 aromatic rings. The molecule has 0 aliphatic heterocycles. The smallest absolute Gasteiger partial charge is 0.258 e. The molecule has 0 spiro atoms. The van der Waals surface area contributed by atoms with Crippen LogP contribution in [0.5, 0.6) is 5.75 Å². The van der Waals surface area contributed by atoms with Crippen LogP contribution in [-0.2, 0) is 6.42 Å². The Hall–Kier alpha value is -3.59. The van der Waals surface area contributed by atoms with Crippen LogP contribution >= 0.6 is 0 Å². The lowest BCUT2D eigenvalue weighted by atomic mass is 10.2. The number of rotatable bonds is 6. The van der Waals surface area contributed by atoms with Gasteiger partial charge in [-0.3, -0.25) is 4.79 Å². The Morgan fingerprint density at radius 3 is 2.82 bits per heavy atom. The summed E-state index contributed by atoms with van der Waals surface area (Å²) in [7, 11) is 0. The number of benzene rings is 1. The van der Waals surface area contributed by atoms with Crippen LogP contribution in [0, 0.1) is 5.82 Å². The highest BCUT2D eigenvalue weighted by molar-refractivity contribution is 5.79. The van der Waals surface area contributed by atoms with E-state index in [1.54, 1.807) is 30.5 Å². The topological polar surface area (TPSA) is 106 Å². The first-order valence-corrected chi connectivity index (χ1v) is 8.54. The number of halogens is 1. The van der Waals surface area contributed by atoms with E-state index >= 15 is 0 Å². The molecule has 4 rings (SSSR count). The Labute approximate surface area is 158 Å². The van der Waals surface area contributed by atoms with Crippen molar-refractivity contribution in [2.24, 2.45) is 0 Å². The Morgan fingerprint density at radius 2 is 2.11 bits per heavy atom. The predicted molar refractivity (Wildman–Crippen MR) is 99.1 cm³/mol. The average Bonchev–Trinajstić information content (AvgIpc) is 3.13. The van der Waals surface area contributed by atoms with Crippen LogP contribution in [-0.4, -0.2) is 43.1 Å². The average molecular weight is 381 g/mol. The van der Waals surface area contributed by atoms with Crippen LogP contribution in [0.2, 0.25) is 0 Å². The van der Waals surface area contributed by atoms with E-state index in [9.17, 15) is 9.18 Å². The van der Waals surface area contributed by atoms with Crippen molar-refractivity contribution >= 4 is 10.9 Å². The van der Waals surface area contributed by atoms with Crippen molar-refractivity contribution in [1.82, 2.24) is 24.7 Å². The van der Waals surface area contributed by atoms with Crippen molar-refractivity contribution in [2.45, 2.75) is 6.42 Å². The molecule has 0 aliphatic rings. The minimum Gasteiger partial charge on any atom is -0.491 e. The number of hydrogen-bond donors (Lipinski definition) is 2. The number of fused-ring (bicyclic) bond motifs is 1. The zero-order valence-corrected chi connectivity index (χ0v) is 14.7. The maximum atomic E-state index is 13.1. The van der Waals surface area contributed by atoms with Gasteiger partial charge in [-0.25, -0.2) is 19.0 Å². The fraction of sp³-hybridized carbons (Fsp3) is 0.158. The van der Waals surface area contributed by atoms with E-state index in [1.165, 1.54) is 10.9 Å². The standard InChI is InChI=1S/C19H16FN5O3/c20-13-10-22-25(11-13)18-4-1-12(9-21-18)7-17-23-16-8-14(28-6-5-26)2-3-15(16)19(27)24-17/h1-4,8-11,26H,5-7H2,(H,23,24,27). The molecular formula is C19H16FN5O3. The van der Waals surface area contributed by atoms with Gasteiger partial charge in [0.05, 0.1) is 29.9 Å². The maximum Gasteiger partial charge on any atom is 0.258 e. The highest BCUT2D eigenvalue weighted by atomic mass is 19.1. The maximum absolute atomic E-state index is 13.1. The first kappa shape index (κ1) is 17.8. The third kappa shape index (κ3) is 3.74. The molecule has 0 radical (unpaired) electrons. The van der Waals surface area contributed by atoms with Crippen LogP contribution in [0.25, 0.3) is 16.7 Å². The molecule has 8 nitrogen and oxygen atoms in total. The molecule has 0 aliphatic carbocycles. The van der Waals surface area contributed by atoms with Crippen molar-refractivity contribution in [3.63, 3.8) is 0 Å². The summed E-state index contributed by atoms with van der Waals surface area (Å²) in [5.74, 6) is 1.06. The fourth-order valence-electron chi connectivity index (χ4n) is 2.78. The second kappa shape index (κ2) is 7.57. The quantitative estimate of drug-likeness (QED) is 0.526. The molecule has 0 saturated heterocycles. The number of ether oxygens (including phenoxy) is 1. The normalized spacial score (nSPS) is 11.1. The Morgan fingerprint density at radius 1 is 1.21 bits per heavy atom. The monoisotopic (exact) mass is 381 g/mol. The highest BCUT2D eigenvalue weighted by Crippen LogP contribution is 2.17. The summed E-state index contributed by atoms with van der Waals surface area (Å²) in [6, 6.07) is 8.48. The van der Waals surface area contributed by atoms with Gasteiger partial charge < -0.3 is 14.8 Å². The predicted octanol–water partition coefficient (Wildman–Crippen LogP) is 1.60. The lowest BCUT2D eigenvalue weighted by Gasteiger charge is -2.07. The molecule has 3 aromatic heterocycles. The van der Waals surface area contributed by atoms with E-state index in [0.717, 1.165) is 11.8 Å². The summed E-state index contributed by atoms with van der Waals surface area (Å²) >= 11 is 0. The first-order valence-electron chi connectivity index (χ1n) is 8.54. The number of nitrogens with zero attached hydrogens (tertiary/aromatic N) is 4. The van der Waals surface area contributed by atoms with Crippen molar-refractivity contribution in [1.29, 1.82) is 0 Å². The molecule has 9 heteroatoms. The Bertz CT molecular complexity index is 1170. The van der Waals surface area contributed by atoms with Crippen LogP contribution in [0.1, 0.15) is 11.4 Å². The Kier molecular flexibility index (Phi) is 4.81. The number of H-pyrrole nitrogens is 1. The van der Waals surface area contributed by atoms with E-state index in [4.69, 9.17) is 9.84 Å². The van der Waals surface area contributed by atoms with Gasteiger partial charge in [-0.05, 0) is 23.8 Å². The number of aromatic nitrogens is 5. The molecule has 0 unspecified atom stereocenters. The minimum atomic E-state index is -0.439. The largest absolute Gasteiger partial charge is 0.491 e. The van der Waals surface area contributed by atoms with Gasteiger partial charge in [0.1, 0.15) is 18.2 Å². The van der Waals surface area contributed by atoms with Crippen molar-refractivity contribution in [2.75, 3.05) is 13.2 Å². The van der Waals surface area contributed by atoms with Crippen LogP contribution in [0.4, 0.5) is 4.39 Å². The number of pyridine rings is 1. The van der Waals surface area contributed by atoms with Gasteiger partial charge in [0.15, 0.2) is 11.6 Å². The van der Waals surface area contributed by atoms with Gasteiger partial charge in [0, 0.05) is 18.7 Å². The molecular weight excluding hydrogens is 365 g/mol. The molecule has 0 saturated carbocycles. The molecule has 3 heterocycles. The number of nitrogens with one attached hydrogen (secondary N) is 1. The van der Waals surface area contributed by atoms with Gasteiger partial charge in [-0.1, -0.05) is 6.07 Å². The first-order chi connectivity index (χ1) is 13.6. The molecule has 0 fully saturated rings. The van der Waals surface area contributed by atoms with Gasteiger partial charge in [-0.15, -0.1) is 0 Å². The summed E-state index contributed by atoms with van der Waals surface area (Å²) in [6.45, 7) is 0.0694. The van der Waals surface area contributed by atoms with Gasteiger partial charge >= 0.3 is 0 Å². The fourth-order valence-corrected chi connectivity index (χ4v) is 2.78. The molecule has 142 valence electrons. The lowest BCUT2D eigenvalue weighted by molar-refractivity contribution is 0.201. The summed E-state index contributed by atoms with van der Waals surface area (Å²) in [5.41, 5.74) is 1.09. The van der Waals surface area contributed by atoms with E-state index in [2.05, 4.69) is 20.1 Å². The zero-order chi connectivity index (χ0) is 19.5. The third-order valence-electron chi connectivity index (χ3n) is 4.05. The van der Waals surface area contributed by atoms with Crippen molar-refractivity contribution in [3.8, 4) is 11.6 Å². The van der Waals surface area contributed by atoms with Crippen molar-refractivity contribution in [3.05, 3.63) is 76.5 Å².